The Labute approximate surface area is 133 Å². The molecule has 0 amide bonds. The van der Waals surface area contributed by atoms with E-state index in [9.17, 15) is 0 Å². The van der Waals surface area contributed by atoms with Crippen LogP contribution in [0.25, 0.3) is 0 Å². The van der Waals surface area contributed by atoms with Crippen molar-refractivity contribution < 1.29 is 9.47 Å². The number of benzene rings is 1. The molecule has 0 bridgehead atoms. The van der Waals surface area contributed by atoms with Gasteiger partial charge in [-0.15, -0.1) is 0 Å². The summed E-state index contributed by atoms with van der Waals surface area (Å²) in [6, 6.07) is 6.29. The number of hydrogen-bond acceptors (Lipinski definition) is 3. The molecule has 1 fully saturated rings. The third-order valence-corrected chi connectivity index (χ3v) is 3.69. The lowest BCUT2D eigenvalue weighted by atomic mass is 10.1. The summed E-state index contributed by atoms with van der Waals surface area (Å²) >= 11 is 0. The molecule has 0 aliphatic carbocycles. The average molecular weight is 305 g/mol. The molecule has 0 spiro atoms. The van der Waals surface area contributed by atoms with Gasteiger partial charge < -0.3 is 20.1 Å². The van der Waals surface area contributed by atoms with Gasteiger partial charge in [0.15, 0.2) is 5.96 Å². The highest BCUT2D eigenvalue weighted by atomic mass is 16.5. The fraction of sp³-hybridized carbons (Fsp3) is 0.588. The third-order valence-electron chi connectivity index (χ3n) is 3.69. The number of nitrogens with one attached hydrogen (secondary N) is 2. The topological polar surface area (TPSA) is 54.9 Å². The second kappa shape index (κ2) is 8.63. The Hall–Kier alpha value is -1.75. The Bertz CT molecular complexity index is 497. The minimum atomic E-state index is 0.232. The quantitative estimate of drug-likeness (QED) is 0.625. The summed E-state index contributed by atoms with van der Waals surface area (Å²) in [5, 5.41) is 6.49. The summed E-state index contributed by atoms with van der Waals surface area (Å²) in [4.78, 5) is 4.18. The van der Waals surface area contributed by atoms with Crippen LogP contribution in [0.5, 0.6) is 5.75 Å². The Balaban J connectivity index is 1.96. The Morgan fingerprint density at radius 1 is 1.41 bits per heavy atom. The number of ether oxygens (including phenoxy) is 2. The smallest absolute Gasteiger partial charge is 0.191 e. The lowest BCUT2D eigenvalue weighted by Crippen LogP contribution is -2.36. The number of aryl methyl sites for hydroxylation is 1. The number of aliphatic imine (C=N–C) groups is 1. The van der Waals surface area contributed by atoms with Crippen molar-refractivity contribution in [1.82, 2.24) is 10.6 Å². The molecule has 1 aromatic rings. The van der Waals surface area contributed by atoms with E-state index >= 15 is 0 Å². The minimum Gasteiger partial charge on any atom is -0.491 e. The second-order valence-electron chi connectivity index (χ2n) is 5.51. The Morgan fingerprint density at radius 3 is 2.95 bits per heavy atom. The summed E-state index contributed by atoms with van der Waals surface area (Å²) in [6.45, 7) is 7.13. The second-order valence-corrected chi connectivity index (χ2v) is 5.51. The van der Waals surface area contributed by atoms with Gasteiger partial charge in [0.1, 0.15) is 12.4 Å². The van der Waals surface area contributed by atoms with Crippen molar-refractivity contribution in [2.45, 2.75) is 39.3 Å². The van der Waals surface area contributed by atoms with Gasteiger partial charge in [-0.3, -0.25) is 4.99 Å². The van der Waals surface area contributed by atoms with Gasteiger partial charge in [0, 0.05) is 32.3 Å². The lowest BCUT2D eigenvalue weighted by Gasteiger charge is -2.17. The van der Waals surface area contributed by atoms with Gasteiger partial charge in [-0.2, -0.15) is 0 Å². The number of nitrogens with zero attached hydrogens (tertiary/aromatic N) is 1. The minimum absolute atomic E-state index is 0.232. The molecular weight excluding hydrogens is 278 g/mol. The van der Waals surface area contributed by atoms with E-state index < -0.39 is 0 Å². The molecule has 0 saturated carbocycles. The zero-order valence-corrected chi connectivity index (χ0v) is 13.8. The molecule has 5 heteroatoms. The monoisotopic (exact) mass is 305 g/mol. The van der Waals surface area contributed by atoms with Crippen molar-refractivity contribution in [3.8, 4) is 5.75 Å². The highest BCUT2D eigenvalue weighted by Gasteiger charge is 2.16. The number of hydrogen-bond donors (Lipinski definition) is 2. The summed E-state index contributed by atoms with van der Waals surface area (Å²) < 4.78 is 11.6. The first kappa shape index (κ1) is 16.6. The zero-order valence-electron chi connectivity index (χ0n) is 13.8. The van der Waals surface area contributed by atoms with Crippen molar-refractivity contribution in [3.05, 3.63) is 29.3 Å². The molecule has 2 N–H and O–H groups in total. The lowest BCUT2D eigenvalue weighted by molar-refractivity contribution is 0.0676. The largest absolute Gasteiger partial charge is 0.491 e. The molecule has 22 heavy (non-hydrogen) atoms. The fourth-order valence-corrected chi connectivity index (χ4v) is 2.47. The molecule has 1 aliphatic heterocycles. The molecule has 1 heterocycles. The van der Waals surface area contributed by atoms with Crippen molar-refractivity contribution in [3.63, 3.8) is 0 Å². The first-order valence-corrected chi connectivity index (χ1v) is 8.01. The summed E-state index contributed by atoms with van der Waals surface area (Å²) in [5.74, 6) is 1.73. The van der Waals surface area contributed by atoms with Crippen LogP contribution in [0.4, 0.5) is 0 Å². The van der Waals surface area contributed by atoms with Crippen LogP contribution in [0, 0.1) is 6.92 Å². The van der Waals surface area contributed by atoms with Crippen LogP contribution < -0.4 is 15.4 Å². The first-order chi connectivity index (χ1) is 10.7. The number of rotatable bonds is 6. The molecule has 5 nitrogen and oxygen atoms in total. The van der Waals surface area contributed by atoms with Gasteiger partial charge in [-0.1, -0.05) is 12.1 Å². The van der Waals surface area contributed by atoms with Crippen molar-refractivity contribution in [2.24, 2.45) is 4.99 Å². The Morgan fingerprint density at radius 2 is 2.27 bits per heavy atom. The van der Waals surface area contributed by atoms with E-state index in [0.29, 0.717) is 13.2 Å². The maximum absolute atomic E-state index is 6.00. The van der Waals surface area contributed by atoms with Crippen LogP contribution in [0.1, 0.15) is 30.9 Å². The fourth-order valence-electron chi connectivity index (χ4n) is 2.47. The van der Waals surface area contributed by atoms with Gasteiger partial charge in [-0.05, 0) is 38.3 Å². The van der Waals surface area contributed by atoms with Crippen molar-refractivity contribution in [2.75, 3.05) is 26.8 Å². The van der Waals surface area contributed by atoms with Gasteiger partial charge in [-0.25, -0.2) is 0 Å². The molecule has 0 aromatic heterocycles. The van der Waals surface area contributed by atoms with Crippen molar-refractivity contribution in [1.29, 1.82) is 0 Å². The first-order valence-electron chi connectivity index (χ1n) is 8.01. The average Bonchev–Trinajstić information content (AvgIpc) is 3.04. The third kappa shape index (κ3) is 4.91. The van der Waals surface area contributed by atoms with Gasteiger partial charge >= 0.3 is 0 Å². The molecule has 1 saturated heterocycles. The van der Waals surface area contributed by atoms with Crippen LogP contribution in [-0.4, -0.2) is 38.9 Å². The predicted octanol–water partition coefficient (Wildman–Crippen LogP) is 2.24. The van der Waals surface area contributed by atoms with E-state index in [4.69, 9.17) is 9.47 Å². The van der Waals surface area contributed by atoms with Crippen LogP contribution >= 0.6 is 0 Å². The van der Waals surface area contributed by atoms with Crippen LogP contribution in [-0.2, 0) is 11.3 Å². The highest BCUT2D eigenvalue weighted by molar-refractivity contribution is 5.79. The molecule has 2 rings (SSSR count). The molecule has 1 atom stereocenters. The van der Waals surface area contributed by atoms with Gasteiger partial charge in [0.25, 0.3) is 0 Å². The van der Waals surface area contributed by atoms with E-state index in [1.54, 1.807) is 7.05 Å². The molecule has 0 radical (unpaired) electrons. The molecule has 1 aromatic carbocycles. The summed E-state index contributed by atoms with van der Waals surface area (Å²) in [7, 11) is 1.77. The molecule has 122 valence electrons. The van der Waals surface area contributed by atoms with E-state index in [1.807, 2.05) is 0 Å². The molecule has 1 aliphatic rings. The van der Waals surface area contributed by atoms with Gasteiger partial charge in [0.05, 0.1) is 6.10 Å². The van der Waals surface area contributed by atoms with E-state index in [0.717, 1.165) is 43.3 Å². The normalized spacial score (nSPS) is 18.3. The van der Waals surface area contributed by atoms with Crippen LogP contribution in [0.3, 0.4) is 0 Å². The summed E-state index contributed by atoms with van der Waals surface area (Å²) in [6.07, 6.45) is 2.46. The maximum Gasteiger partial charge on any atom is 0.191 e. The van der Waals surface area contributed by atoms with Crippen LogP contribution in [0.15, 0.2) is 23.2 Å². The predicted molar refractivity (Wildman–Crippen MR) is 89.5 cm³/mol. The highest BCUT2D eigenvalue weighted by Crippen LogP contribution is 2.22. The molecule has 1 unspecified atom stereocenters. The SMILES string of the molecule is CCNC(=NC)NCc1ccc(C)cc1OCC1CCCO1. The van der Waals surface area contributed by atoms with Gasteiger partial charge in [0.2, 0.25) is 0 Å². The Kier molecular flexibility index (Phi) is 6.52. The standard InChI is InChI=1S/C17H27N3O2/c1-4-19-17(18-3)20-11-14-8-7-13(2)10-16(14)22-12-15-6-5-9-21-15/h7-8,10,15H,4-6,9,11-12H2,1-3H3,(H2,18,19,20). The zero-order chi connectivity index (χ0) is 15.8. The summed E-state index contributed by atoms with van der Waals surface area (Å²) in [5.41, 5.74) is 2.32. The van der Waals surface area contributed by atoms with Crippen molar-refractivity contribution >= 4 is 5.96 Å². The number of guanidine groups is 1. The van der Waals surface area contributed by atoms with E-state index in [1.165, 1.54) is 5.56 Å². The van der Waals surface area contributed by atoms with Crippen LogP contribution in [0.2, 0.25) is 0 Å². The van der Waals surface area contributed by atoms with E-state index in [2.05, 4.69) is 47.7 Å². The molecular formula is C17H27N3O2. The maximum atomic E-state index is 6.00. The van der Waals surface area contributed by atoms with E-state index in [-0.39, 0.29) is 6.10 Å².